The monoisotopic (exact) mass is 400 g/mol. The summed E-state index contributed by atoms with van der Waals surface area (Å²) in [7, 11) is 0. The molecule has 1 atom stereocenters. The van der Waals surface area contributed by atoms with Crippen molar-refractivity contribution in [3.63, 3.8) is 0 Å². The maximum Gasteiger partial charge on any atom is 0.248 e. The Hall–Kier alpha value is -2.41. The zero-order valence-corrected chi connectivity index (χ0v) is 16.4. The third-order valence-corrected chi connectivity index (χ3v) is 5.41. The van der Waals surface area contributed by atoms with Crippen LogP contribution in [0.3, 0.4) is 0 Å². The van der Waals surface area contributed by atoms with E-state index >= 15 is 0 Å². The summed E-state index contributed by atoms with van der Waals surface area (Å²) in [5, 5.41) is 23.4. The molecule has 1 unspecified atom stereocenters. The molecule has 0 saturated carbocycles. The Morgan fingerprint density at radius 2 is 1.93 bits per heavy atom. The van der Waals surface area contributed by atoms with Crippen LogP contribution in [0.2, 0.25) is 0 Å². The van der Waals surface area contributed by atoms with E-state index in [0.717, 1.165) is 29.4 Å². The molecule has 0 spiro atoms. The highest BCUT2D eigenvalue weighted by Gasteiger charge is 2.41. The Labute approximate surface area is 170 Å². The van der Waals surface area contributed by atoms with Crippen LogP contribution in [0.15, 0.2) is 60.9 Å². The Kier molecular flexibility index (Phi) is 6.34. The summed E-state index contributed by atoms with van der Waals surface area (Å²) in [5.41, 5.74) is 0.102. The number of benzene rings is 2. The second kappa shape index (κ2) is 8.73. The van der Waals surface area contributed by atoms with Crippen molar-refractivity contribution in [1.29, 1.82) is 0 Å². The number of aromatic nitrogens is 2. The van der Waals surface area contributed by atoms with Gasteiger partial charge in [-0.05, 0) is 54.4 Å². The van der Waals surface area contributed by atoms with Gasteiger partial charge < -0.3 is 15.7 Å². The van der Waals surface area contributed by atoms with Crippen molar-refractivity contribution in [2.24, 2.45) is 0 Å². The molecule has 0 radical (unpaired) electrons. The first-order chi connectivity index (χ1) is 13.2. The van der Waals surface area contributed by atoms with Crippen molar-refractivity contribution in [3.8, 4) is 0 Å². The Morgan fingerprint density at radius 1 is 1.18 bits per heavy atom. The van der Waals surface area contributed by atoms with Gasteiger partial charge in [0.05, 0.1) is 6.10 Å². The van der Waals surface area contributed by atoms with Crippen molar-refractivity contribution >= 4 is 29.1 Å². The number of aliphatic hydroxyl groups excluding tert-OH is 1. The van der Waals surface area contributed by atoms with E-state index in [1.165, 1.54) is 0 Å². The van der Waals surface area contributed by atoms with Crippen molar-refractivity contribution in [2.45, 2.75) is 24.5 Å². The molecular weight excluding hydrogens is 376 g/mol. The predicted molar refractivity (Wildman–Crippen MR) is 111 cm³/mol. The van der Waals surface area contributed by atoms with Gasteiger partial charge in [-0.25, -0.2) is 0 Å². The smallest absolute Gasteiger partial charge is 0.248 e. The van der Waals surface area contributed by atoms with Crippen LogP contribution in [-0.4, -0.2) is 40.4 Å². The summed E-state index contributed by atoms with van der Waals surface area (Å²) in [6.07, 6.45) is 4.13. The van der Waals surface area contributed by atoms with E-state index in [1.807, 2.05) is 54.7 Å². The summed E-state index contributed by atoms with van der Waals surface area (Å²) in [5.74, 6) is -0.0902. The fourth-order valence-electron chi connectivity index (χ4n) is 3.81. The van der Waals surface area contributed by atoms with Gasteiger partial charge in [0, 0.05) is 18.9 Å². The first-order valence-corrected chi connectivity index (χ1v) is 9.35. The number of hydrogen-bond donors (Lipinski definition) is 3. The van der Waals surface area contributed by atoms with Gasteiger partial charge in [0.1, 0.15) is 5.54 Å². The molecule has 148 valence electrons. The Balaban J connectivity index is 0.00000225. The molecule has 1 fully saturated rings. The van der Waals surface area contributed by atoms with Crippen LogP contribution >= 0.6 is 12.4 Å². The highest BCUT2D eigenvalue weighted by molar-refractivity contribution is 5.85. The van der Waals surface area contributed by atoms with E-state index in [9.17, 15) is 9.90 Å². The summed E-state index contributed by atoms with van der Waals surface area (Å²) in [4.78, 5) is 13.1. The third kappa shape index (κ3) is 3.90. The van der Waals surface area contributed by atoms with Crippen molar-refractivity contribution in [3.05, 3.63) is 66.5 Å². The van der Waals surface area contributed by atoms with E-state index in [4.69, 9.17) is 0 Å². The number of fused-ring (bicyclic) bond motifs is 1. The largest absolute Gasteiger partial charge is 0.387 e. The predicted octanol–water partition coefficient (Wildman–Crippen LogP) is 2.39. The molecule has 3 N–H and O–H groups in total. The molecule has 1 saturated heterocycles. The lowest BCUT2D eigenvalue weighted by atomic mass is 9.87. The number of carbonyl (C=O) groups excluding carboxylic acids is 1. The molecule has 28 heavy (non-hydrogen) atoms. The molecule has 6 nitrogen and oxygen atoms in total. The second-order valence-corrected chi connectivity index (χ2v) is 7.06. The van der Waals surface area contributed by atoms with Crippen LogP contribution in [0.5, 0.6) is 0 Å². The van der Waals surface area contributed by atoms with Crippen LogP contribution in [0.1, 0.15) is 24.5 Å². The molecule has 4 rings (SSSR count). The molecule has 0 bridgehead atoms. The van der Waals surface area contributed by atoms with Crippen molar-refractivity contribution in [1.82, 2.24) is 20.4 Å². The molecular formula is C21H25ClN4O2. The average molecular weight is 401 g/mol. The SMILES string of the molecule is Cl.O=C(NCC(O)c1ccc2ccccc2c1)C1(n2cccn2)CCNCC1. The van der Waals surface area contributed by atoms with Gasteiger partial charge in [-0.1, -0.05) is 36.4 Å². The molecule has 1 aliphatic heterocycles. The van der Waals surface area contributed by atoms with Crippen molar-refractivity contribution < 1.29 is 9.90 Å². The van der Waals surface area contributed by atoms with E-state index in [-0.39, 0.29) is 24.9 Å². The highest BCUT2D eigenvalue weighted by Crippen LogP contribution is 2.27. The van der Waals surface area contributed by atoms with Crippen LogP contribution in [0.25, 0.3) is 10.8 Å². The van der Waals surface area contributed by atoms with E-state index in [0.29, 0.717) is 12.8 Å². The first-order valence-electron chi connectivity index (χ1n) is 9.35. The number of aliphatic hydroxyl groups is 1. The molecule has 3 aromatic rings. The maximum atomic E-state index is 13.1. The van der Waals surface area contributed by atoms with Crippen molar-refractivity contribution in [2.75, 3.05) is 19.6 Å². The molecule has 7 heteroatoms. The van der Waals surface area contributed by atoms with Crippen LogP contribution < -0.4 is 10.6 Å². The molecule has 1 amide bonds. The fourth-order valence-corrected chi connectivity index (χ4v) is 3.81. The van der Waals surface area contributed by atoms with E-state index in [1.54, 1.807) is 10.9 Å². The van der Waals surface area contributed by atoms with E-state index < -0.39 is 11.6 Å². The van der Waals surface area contributed by atoms with Gasteiger partial charge in [-0.15, -0.1) is 12.4 Å². The first kappa shape index (κ1) is 20.3. The van der Waals surface area contributed by atoms with Gasteiger partial charge in [-0.2, -0.15) is 5.10 Å². The lowest BCUT2D eigenvalue weighted by Crippen LogP contribution is -2.55. The van der Waals surface area contributed by atoms with Gasteiger partial charge in [-0.3, -0.25) is 9.48 Å². The van der Waals surface area contributed by atoms with Gasteiger partial charge in [0.15, 0.2) is 0 Å². The lowest BCUT2D eigenvalue weighted by Gasteiger charge is -2.36. The average Bonchev–Trinajstić information content (AvgIpc) is 3.27. The molecule has 0 aliphatic carbocycles. The number of amides is 1. The summed E-state index contributed by atoms with van der Waals surface area (Å²) in [6, 6.07) is 15.7. The number of nitrogens with zero attached hydrogens (tertiary/aromatic N) is 2. The second-order valence-electron chi connectivity index (χ2n) is 7.06. The Morgan fingerprint density at radius 3 is 2.64 bits per heavy atom. The standard InChI is InChI=1S/C21H24N4O2.ClH/c26-19(18-7-6-16-4-1-2-5-17(16)14-18)15-23-20(27)21(8-11-22-12-9-21)25-13-3-10-24-25;/h1-7,10,13-14,19,22,26H,8-9,11-12,15H2,(H,23,27);1H. The van der Waals surface area contributed by atoms with E-state index in [2.05, 4.69) is 15.7 Å². The minimum absolute atomic E-state index is 0. The van der Waals surface area contributed by atoms with Crippen LogP contribution in [-0.2, 0) is 10.3 Å². The molecule has 1 aromatic heterocycles. The van der Waals surface area contributed by atoms with Crippen LogP contribution in [0.4, 0.5) is 0 Å². The van der Waals surface area contributed by atoms with Gasteiger partial charge in [0.2, 0.25) is 5.91 Å². The van der Waals surface area contributed by atoms with Gasteiger partial charge in [0.25, 0.3) is 0 Å². The minimum atomic E-state index is -0.755. The summed E-state index contributed by atoms with van der Waals surface area (Å²) < 4.78 is 1.76. The normalized spacial score (nSPS) is 16.9. The lowest BCUT2D eigenvalue weighted by molar-refractivity contribution is -0.132. The fraction of sp³-hybridized carbons (Fsp3) is 0.333. The quantitative estimate of drug-likeness (QED) is 0.614. The number of piperidine rings is 1. The number of nitrogens with one attached hydrogen (secondary N) is 2. The van der Waals surface area contributed by atoms with Crippen LogP contribution in [0, 0.1) is 0 Å². The minimum Gasteiger partial charge on any atom is -0.387 e. The summed E-state index contributed by atoms with van der Waals surface area (Å²) >= 11 is 0. The summed E-state index contributed by atoms with van der Waals surface area (Å²) in [6.45, 7) is 1.70. The number of rotatable bonds is 5. The Bertz CT molecular complexity index is 923. The highest BCUT2D eigenvalue weighted by atomic mass is 35.5. The third-order valence-electron chi connectivity index (χ3n) is 5.41. The molecule has 2 heterocycles. The zero-order valence-electron chi connectivity index (χ0n) is 15.5. The number of carbonyl (C=O) groups is 1. The maximum absolute atomic E-state index is 13.1. The van der Waals surface area contributed by atoms with Gasteiger partial charge >= 0.3 is 0 Å². The zero-order chi connectivity index (χ0) is 18.7. The molecule has 1 aliphatic rings. The number of hydrogen-bond acceptors (Lipinski definition) is 4. The molecule has 2 aromatic carbocycles. The number of halogens is 1. The topological polar surface area (TPSA) is 79.2 Å².